The van der Waals surface area contributed by atoms with Gasteiger partial charge in [-0.05, 0) is 49.9 Å². The van der Waals surface area contributed by atoms with Gasteiger partial charge in [-0.1, -0.05) is 11.6 Å². The Labute approximate surface area is 167 Å². The number of nitrogens with one attached hydrogen (secondary N) is 2. The molecule has 1 aliphatic rings. The number of nitrogens with zero attached hydrogens (tertiary/aromatic N) is 1. The van der Waals surface area contributed by atoms with Gasteiger partial charge in [0, 0.05) is 30.9 Å². The van der Waals surface area contributed by atoms with Crippen LogP contribution < -0.4 is 15.5 Å². The summed E-state index contributed by atoms with van der Waals surface area (Å²) in [6.07, 6.45) is 0.171. The number of ketones is 1. The minimum Gasteiger partial charge on any atom is -0.444 e. The predicted octanol–water partition coefficient (Wildman–Crippen LogP) is 4.02. The van der Waals surface area contributed by atoms with Crippen molar-refractivity contribution in [2.45, 2.75) is 18.9 Å². The third kappa shape index (κ3) is 5.22. The summed E-state index contributed by atoms with van der Waals surface area (Å²) in [4.78, 5) is 26.6. The number of Topliss-reactive ketones (excluding diaryl/α,β-unsaturated/α-hetero) is 1. The van der Waals surface area contributed by atoms with Crippen LogP contribution in [0.15, 0.2) is 36.4 Å². The normalized spacial score (nSPS) is 16.4. The molecule has 27 heavy (non-hydrogen) atoms. The van der Waals surface area contributed by atoms with E-state index in [1.165, 1.54) is 11.3 Å². The first-order chi connectivity index (χ1) is 13.1. The number of halogens is 1. The van der Waals surface area contributed by atoms with Crippen molar-refractivity contribution in [3.8, 4) is 0 Å². The smallest absolute Gasteiger partial charge is 0.414 e. The highest BCUT2D eigenvalue weighted by Crippen LogP contribution is 2.27. The number of ether oxygens (including phenoxy) is 1. The highest BCUT2D eigenvalue weighted by molar-refractivity contribution is 7.18. The van der Waals surface area contributed by atoms with Gasteiger partial charge in [0.25, 0.3) is 0 Å². The van der Waals surface area contributed by atoms with E-state index in [0.717, 1.165) is 24.5 Å². The second kappa shape index (κ2) is 9.21. The van der Waals surface area contributed by atoms with Crippen molar-refractivity contribution >= 4 is 46.2 Å². The molecule has 3 rings (SSSR count). The summed E-state index contributed by atoms with van der Waals surface area (Å²) >= 11 is 7.14. The van der Waals surface area contributed by atoms with Crippen LogP contribution in [-0.4, -0.2) is 44.7 Å². The van der Waals surface area contributed by atoms with Crippen molar-refractivity contribution in [2.75, 3.05) is 36.9 Å². The van der Waals surface area contributed by atoms with Crippen LogP contribution in [0, 0.1) is 0 Å². The Morgan fingerprint density at radius 2 is 2.04 bits per heavy atom. The number of likely N-dealkylation sites (N-methyl/N-ethyl adjacent to an activating group) is 1. The quantitative estimate of drug-likeness (QED) is 0.485. The van der Waals surface area contributed by atoms with E-state index in [-0.39, 0.29) is 18.0 Å². The molecule has 1 atom stereocenters. The third-order valence-electron chi connectivity index (χ3n) is 4.30. The lowest BCUT2D eigenvalue weighted by molar-refractivity contribution is 0.0943. The van der Waals surface area contributed by atoms with Crippen LogP contribution in [0.4, 0.5) is 16.2 Å². The average molecular weight is 408 g/mol. The number of thiophene rings is 1. The second-order valence-corrected chi connectivity index (χ2v) is 7.97. The van der Waals surface area contributed by atoms with Gasteiger partial charge in [-0.3, -0.25) is 9.69 Å². The van der Waals surface area contributed by atoms with Gasteiger partial charge in [0.1, 0.15) is 6.10 Å². The Hall–Kier alpha value is -2.09. The summed E-state index contributed by atoms with van der Waals surface area (Å²) in [7, 11) is 1.91. The van der Waals surface area contributed by atoms with Crippen LogP contribution in [0.1, 0.15) is 22.5 Å². The van der Waals surface area contributed by atoms with Crippen molar-refractivity contribution in [3.63, 3.8) is 0 Å². The molecule has 144 valence electrons. The standard InChI is InChI=1S/C19H22ClN3O3S/c1-21-10-11-22-13-2-4-14(5-3-13)23-12-15(26-19(23)25)6-7-16(24)17-8-9-18(20)27-17/h2-5,8-9,15,21-22H,6-7,10-12H2,1H3/t15-/m0/s1. The Bertz CT molecular complexity index is 794. The molecule has 0 spiro atoms. The summed E-state index contributed by atoms with van der Waals surface area (Å²) in [5.41, 5.74) is 1.79. The minimum atomic E-state index is -0.373. The van der Waals surface area contributed by atoms with Crippen molar-refractivity contribution in [2.24, 2.45) is 0 Å². The number of carbonyl (C=O) groups is 2. The van der Waals surface area contributed by atoms with E-state index in [1.54, 1.807) is 17.0 Å². The summed E-state index contributed by atoms with van der Waals surface area (Å²) < 4.78 is 6.02. The Kier molecular flexibility index (Phi) is 6.71. The molecule has 6 nitrogen and oxygen atoms in total. The fourth-order valence-electron chi connectivity index (χ4n) is 2.85. The molecule has 2 N–H and O–H groups in total. The van der Waals surface area contributed by atoms with Crippen LogP contribution in [-0.2, 0) is 4.74 Å². The number of hydrogen-bond donors (Lipinski definition) is 2. The van der Waals surface area contributed by atoms with Crippen LogP contribution in [0.2, 0.25) is 4.34 Å². The zero-order chi connectivity index (χ0) is 19.2. The highest BCUT2D eigenvalue weighted by Gasteiger charge is 2.32. The number of benzene rings is 1. The zero-order valence-electron chi connectivity index (χ0n) is 15.0. The van der Waals surface area contributed by atoms with Gasteiger partial charge in [0.15, 0.2) is 5.78 Å². The van der Waals surface area contributed by atoms with E-state index in [0.29, 0.717) is 28.6 Å². The number of anilines is 2. The first kappa shape index (κ1) is 19.7. The monoisotopic (exact) mass is 407 g/mol. The molecule has 0 unspecified atom stereocenters. The van der Waals surface area contributed by atoms with E-state index < -0.39 is 0 Å². The molecule has 1 saturated heterocycles. The molecule has 2 aromatic rings. The maximum absolute atomic E-state index is 12.2. The van der Waals surface area contributed by atoms with Gasteiger partial charge in [-0.15, -0.1) is 11.3 Å². The summed E-state index contributed by atoms with van der Waals surface area (Å²) in [6, 6.07) is 11.1. The third-order valence-corrected chi connectivity index (χ3v) is 5.57. The summed E-state index contributed by atoms with van der Waals surface area (Å²) in [5.74, 6) is 0.0263. The van der Waals surface area contributed by atoms with Crippen molar-refractivity contribution in [1.29, 1.82) is 0 Å². The lowest BCUT2D eigenvalue weighted by Gasteiger charge is -2.14. The molecule has 0 radical (unpaired) electrons. The highest BCUT2D eigenvalue weighted by atomic mass is 35.5. The van der Waals surface area contributed by atoms with Crippen LogP contribution in [0.3, 0.4) is 0 Å². The van der Waals surface area contributed by atoms with E-state index >= 15 is 0 Å². The molecule has 0 aliphatic carbocycles. The fraction of sp³-hybridized carbons (Fsp3) is 0.368. The molecule has 0 bridgehead atoms. The molecule has 1 fully saturated rings. The molecular formula is C19H22ClN3O3S. The SMILES string of the molecule is CNCCNc1ccc(N2C[C@H](CCC(=O)c3ccc(Cl)s3)OC2=O)cc1. The van der Waals surface area contributed by atoms with Crippen LogP contribution >= 0.6 is 22.9 Å². The van der Waals surface area contributed by atoms with Gasteiger partial charge in [-0.25, -0.2) is 4.79 Å². The summed E-state index contributed by atoms with van der Waals surface area (Å²) in [6.45, 7) is 2.15. The van der Waals surface area contributed by atoms with Gasteiger partial charge in [0.2, 0.25) is 0 Å². The van der Waals surface area contributed by atoms with E-state index in [2.05, 4.69) is 10.6 Å². The first-order valence-electron chi connectivity index (χ1n) is 8.82. The van der Waals surface area contributed by atoms with Gasteiger partial charge < -0.3 is 15.4 Å². The van der Waals surface area contributed by atoms with E-state index in [9.17, 15) is 9.59 Å². The molecule has 8 heteroatoms. The largest absolute Gasteiger partial charge is 0.444 e. The number of hydrogen-bond acceptors (Lipinski definition) is 6. The lowest BCUT2D eigenvalue weighted by atomic mass is 10.1. The molecule has 1 aliphatic heterocycles. The van der Waals surface area contributed by atoms with Crippen molar-refractivity contribution in [3.05, 3.63) is 45.6 Å². The van der Waals surface area contributed by atoms with Crippen LogP contribution in [0.5, 0.6) is 0 Å². The molecule has 1 amide bonds. The van der Waals surface area contributed by atoms with Crippen molar-refractivity contribution < 1.29 is 14.3 Å². The van der Waals surface area contributed by atoms with E-state index in [4.69, 9.17) is 16.3 Å². The minimum absolute atomic E-state index is 0.0263. The topological polar surface area (TPSA) is 70.7 Å². The molecule has 1 aromatic heterocycles. The molecule has 2 heterocycles. The first-order valence-corrected chi connectivity index (χ1v) is 10.0. The zero-order valence-corrected chi connectivity index (χ0v) is 16.6. The fourth-order valence-corrected chi connectivity index (χ4v) is 3.86. The van der Waals surface area contributed by atoms with Crippen molar-refractivity contribution in [1.82, 2.24) is 5.32 Å². The van der Waals surface area contributed by atoms with Gasteiger partial charge in [-0.2, -0.15) is 0 Å². The average Bonchev–Trinajstić information content (AvgIpc) is 3.26. The maximum Gasteiger partial charge on any atom is 0.414 e. The van der Waals surface area contributed by atoms with E-state index in [1.807, 2.05) is 31.3 Å². The molecular weight excluding hydrogens is 386 g/mol. The van der Waals surface area contributed by atoms with Gasteiger partial charge in [0.05, 0.1) is 15.8 Å². The number of rotatable bonds is 9. The molecule has 0 saturated carbocycles. The Morgan fingerprint density at radius 3 is 2.70 bits per heavy atom. The van der Waals surface area contributed by atoms with Crippen LogP contribution in [0.25, 0.3) is 0 Å². The Morgan fingerprint density at radius 1 is 1.26 bits per heavy atom. The lowest BCUT2D eigenvalue weighted by Crippen LogP contribution is -2.24. The van der Waals surface area contributed by atoms with Gasteiger partial charge >= 0.3 is 6.09 Å². The number of amides is 1. The number of cyclic esters (lactones) is 1. The Balaban J connectivity index is 1.51. The summed E-state index contributed by atoms with van der Waals surface area (Å²) in [5, 5.41) is 6.36. The maximum atomic E-state index is 12.2. The second-order valence-electron chi connectivity index (χ2n) is 6.26. The predicted molar refractivity (Wildman–Crippen MR) is 109 cm³/mol. The number of carbonyl (C=O) groups excluding carboxylic acids is 2. The molecule has 1 aromatic carbocycles.